The Morgan fingerprint density at radius 3 is 3.00 bits per heavy atom. The van der Waals surface area contributed by atoms with Gasteiger partial charge in [0.25, 0.3) is 5.91 Å². The van der Waals surface area contributed by atoms with Crippen LogP contribution in [0.25, 0.3) is 0 Å². The van der Waals surface area contributed by atoms with Crippen molar-refractivity contribution in [2.45, 2.75) is 37.5 Å². The van der Waals surface area contributed by atoms with E-state index >= 15 is 0 Å². The first-order valence-corrected chi connectivity index (χ1v) is 8.73. The summed E-state index contributed by atoms with van der Waals surface area (Å²) in [6.45, 7) is 8.05. The minimum Gasteiger partial charge on any atom is -0.335 e. The summed E-state index contributed by atoms with van der Waals surface area (Å²) in [7, 11) is 0. The summed E-state index contributed by atoms with van der Waals surface area (Å²) in [6.07, 6.45) is 4.26. The standard InChI is InChI=1S/C15H24N4OS.ClH/c1-15(2)11-18(8-9-21-15)14(20)13-5-7-19(17-13)12-4-3-6-16-10-12;/h5,7,12,16H,3-4,6,8-11H2,1-2H3;1H. The van der Waals surface area contributed by atoms with Gasteiger partial charge in [-0.1, -0.05) is 0 Å². The van der Waals surface area contributed by atoms with Crippen LogP contribution in [0.5, 0.6) is 0 Å². The molecule has 0 aliphatic carbocycles. The van der Waals surface area contributed by atoms with Crippen molar-refractivity contribution in [2.75, 3.05) is 31.9 Å². The fourth-order valence-corrected chi connectivity index (χ4v) is 4.18. The van der Waals surface area contributed by atoms with Gasteiger partial charge in [-0.15, -0.1) is 12.4 Å². The van der Waals surface area contributed by atoms with E-state index in [2.05, 4.69) is 24.3 Å². The number of carbonyl (C=O) groups is 1. The Balaban J connectivity index is 0.00000176. The monoisotopic (exact) mass is 344 g/mol. The highest BCUT2D eigenvalue weighted by Crippen LogP contribution is 2.30. The van der Waals surface area contributed by atoms with Gasteiger partial charge in [-0.2, -0.15) is 16.9 Å². The lowest BCUT2D eigenvalue weighted by Crippen LogP contribution is -2.46. The molecule has 1 unspecified atom stereocenters. The van der Waals surface area contributed by atoms with E-state index in [0.717, 1.165) is 38.4 Å². The van der Waals surface area contributed by atoms with Crippen LogP contribution in [0.1, 0.15) is 43.2 Å². The van der Waals surface area contributed by atoms with Crippen LogP contribution in [0.15, 0.2) is 12.3 Å². The molecule has 3 rings (SSSR count). The summed E-state index contributed by atoms with van der Waals surface area (Å²) in [5, 5.41) is 7.92. The van der Waals surface area contributed by atoms with Gasteiger partial charge >= 0.3 is 0 Å². The van der Waals surface area contributed by atoms with Gasteiger partial charge in [0, 0.05) is 36.3 Å². The van der Waals surface area contributed by atoms with Crippen molar-refractivity contribution in [3.8, 4) is 0 Å². The number of carbonyl (C=O) groups excluding carboxylic acids is 1. The number of aromatic nitrogens is 2. The minimum absolute atomic E-state index is 0. The smallest absolute Gasteiger partial charge is 0.274 e. The molecule has 2 fully saturated rings. The normalized spacial score (nSPS) is 24.6. The zero-order valence-electron chi connectivity index (χ0n) is 13.2. The SMILES string of the molecule is CC1(C)CN(C(=O)c2ccn(C3CCCNC3)n2)CCS1.Cl. The number of halogens is 1. The Bertz CT molecular complexity index is 513. The molecule has 2 saturated heterocycles. The molecule has 1 amide bonds. The molecule has 0 bridgehead atoms. The summed E-state index contributed by atoms with van der Waals surface area (Å²) in [5.41, 5.74) is 0.586. The number of amides is 1. The molecule has 3 heterocycles. The Hall–Kier alpha value is -0.720. The van der Waals surface area contributed by atoms with Crippen molar-refractivity contribution in [1.82, 2.24) is 20.0 Å². The second-order valence-electron chi connectivity index (χ2n) is 6.52. The molecule has 22 heavy (non-hydrogen) atoms. The predicted molar refractivity (Wildman–Crippen MR) is 93.1 cm³/mol. The van der Waals surface area contributed by atoms with E-state index in [-0.39, 0.29) is 23.1 Å². The lowest BCUT2D eigenvalue weighted by molar-refractivity contribution is 0.0740. The van der Waals surface area contributed by atoms with Gasteiger partial charge in [-0.25, -0.2) is 0 Å². The number of rotatable bonds is 2. The van der Waals surface area contributed by atoms with Crippen molar-refractivity contribution in [2.24, 2.45) is 0 Å². The Morgan fingerprint density at radius 2 is 2.32 bits per heavy atom. The fraction of sp³-hybridized carbons (Fsp3) is 0.733. The van der Waals surface area contributed by atoms with Gasteiger partial charge in [-0.05, 0) is 39.3 Å². The van der Waals surface area contributed by atoms with E-state index in [1.54, 1.807) is 0 Å². The lowest BCUT2D eigenvalue weighted by Gasteiger charge is -2.37. The third-order valence-corrected chi connectivity index (χ3v) is 5.48. The largest absolute Gasteiger partial charge is 0.335 e. The molecule has 124 valence electrons. The van der Waals surface area contributed by atoms with Crippen LogP contribution in [0.3, 0.4) is 0 Å². The van der Waals surface area contributed by atoms with E-state index in [1.807, 2.05) is 33.6 Å². The molecule has 0 saturated carbocycles. The highest BCUT2D eigenvalue weighted by Gasteiger charge is 2.31. The number of hydrogen-bond acceptors (Lipinski definition) is 4. The zero-order valence-corrected chi connectivity index (χ0v) is 14.9. The molecule has 1 aromatic rings. The minimum atomic E-state index is 0. The van der Waals surface area contributed by atoms with Gasteiger partial charge in [0.15, 0.2) is 0 Å². The third kappa shape index (κ3) is 3.97. The van der Waals surface area contributed by atoms with Crippen molar-refractivity contribution in [3.63, 3.8) is 0 Å². The van der Waals surface area contributed by atoms with E-state index in [9.17, 15) is 4.79 Å². The van der Waals surface area contributed by atoms with E-state index < -0.39 is 0 Å². The second-order valence-corrected chi connectivity index (χ2v) is 8.32. The van der Waals surface area contributed by atoms with Crippen LogP contribution in [0.4, 0.5) is 0 Å². The van der Waals surface area contributed by atoms with Crippen LogP contribution in [0, 0.1) is 0 Å². The quantitative estimate of drug-likeness (QED) is 0.893. The molecular formula is C15H25ClN4OS. The zero-order chi connectivity index (χ0) is 14.9. The Labute approximate surface area is 142 Å². The van der Waals surface area contributed by atoms with Gasteiger partial charge in [0.2, 0.25) is 0 Å². The highest BCUT2D eigenvalue weighted by molar-refractivity contribution is 8.00. The van der Waals surface area contributed by atoms with Crippen molar-refractivity contribution in [3.05, 3.63) is 18.0 Å². The fourth-order valence-electron chi connectivity index (χ4n) is 3.07. The third-order valence-electron chi connectivity index (χ3n) is 4.19. The topological polar surface area (TPSA) is 50.2 Å². The van der Waals surface area contributed by atoms with Crippen molar-refractivity contribution in [1.29, 1.82) is 0 Å². The van der Waals surface area contributed by atoms with Crippen LogP contribution in [0.2, 0.25) is 0 Å². The maximum Gasteiger partial charge on any atom is 0.274 e. The average molecular weight is 345 g/mol. The molecule has 2 aliphatic rings. The van der Waals surface area contributed by atoms with E-state index in [4.69, 9.17) is 0 Å². The number of piperidine rings is 1. The number of thioether (sulfide) groups is 1. The second kappa shape index (κ2) is 7.23. The van der Waals surface area contributed by atoms with Crippen LogP contribution < -0.4 is 5.32 Å². The van der Waals surface area contributed by atoms with E-state index in [1.165, 1.54) is 6.42 Å². The Morgan fingerprint density at radius 1 is 1.50 bits per heavy atom. The summed E-state index contributed by atoms with van der Waals surface area (Å²) >= 11 is 1.94. The van der Waals surface area contributed by atoms with Crippen molar-refractivity contribution < 1.29 is 4.79 Å². The lowest BCUT2D eigenvalue weighted by atomic mass is 10.1. The number of nitrogens with zero attached hydrogens (tertiary/aromatic N) is 3. The maximum atomic E-state index is 12.6. The summed E-state index contributed by atoms with van der Waals surface area (Å²) in [5.74, 6) is 1.08. The molecular weight excluding hydrogens is 320 g/mol. The molecule has 1 N–H and O–H groups in total. The summed E-state index contributed by atoms with van der Waals surface area (Å²) < 4.78 is 2.10. The first kappa shape index (κ1) is 17.6. The van der Waals surface area contributed by atoms with Gasteiger partial charge in [-0.3, -0.25) is 9.48 Å². The molecule has 7 heteroatoms. The molecule has 2 aliphatic heterocycles. The number of nitrogens with one attached hydrogen (secondary N) is 1. The van der Waals surface area contributed by atoms with E-state index in [0.29, 0.717) is 11.7 Å². The van der Waals surface area contributed by atoms with Gasteiger partial charge < -0.3 is 10.2 Å². The van der Waals surface area contributed by atoms with Crippen LogP contribution in [-0.2, 0) is 0 Å². The molecule has 1 aromatic heterocycles. The molecule has 0 radical (unpaired) electrons. The maximum absolute atomic E-state index is 12.6. The summed E-state index contributed by atoms with van der Waals surface area (Å²) in [6, 6.07) is 2.25. The molecule has 0 spiro atoms. The highest BCUT2D eigenvalue weighted by atomic mass is 35.5. The first-order chi connectivity index (χ1) is 10.1. The van der Waals surface area contributed by atoms with Gasteiger partial charge in [0.1, 0.15) is 5.69 Å². The summed E-state index contributed by atoms with van der Waals surface area (Å²) in [4.78, 5) is 14.6. The van der Waals surface area contributed by atoms with Gasteiger partial charge in [0.05, 0.1) is 6.04 Å². The first-order valence-electron chi connectivity index (χ1n) is 7.74. The number of hydrogen-bond donors (Lipinski definition) is 1. The van der Waals surface area contributed by atoms with Crippen LogP contribution in [-0.4, -0.2) is 57.3 Å². The molecule has 0 aromatic carbocycles. The average Bonchev–Trinajstić information content (AvgIpc) is 2.96. The predicted octanol–water partition coefficient (Wildman–Crippen LogP) is 2.20. The molecule has 5 nitrogen and oxygen atoms in total. The van der Waals surface area contributed by atoms with Crippen molar-refractivity contribution >= 4 is 30.1 Å². The van der Waals surface area contributed by atoms with Crippen LogP contribution >= 0.6 is 24.2 Å². The Kier molecular flexibility index (Phi) is 5.80. The molecule has 1 atom stereocenters.